The minimum Gasteiger partial charge on any atom is -0.306 e. The summed E-state index contributed by atoms with van der Waals surface area (Å²) < 4.78 is 0. The van der Waals surface area contributed by atoms with Crippen LogP contribution in [0.4, 0.5) is 0 Å². The molecule has 1 aromatic rings. The van der Waals surface area contributed by atoms with Crippen molar-refractivity contribution in [3.05, 3.63) is 35.4 Å². The van der Waals surface area contributed by atoms with Gasteiger partial charge in [-0.25, -0.2) is 5.90 Å². The molecule has 1 saturated heterocycles. The number of benzene rings is 1. The molecule has 2 rings (SSSR count). The lowest BCUT2D eigenvalue weighted by atomic mass is 9.96. The first-order valence-electron chi connectivity index (χ1n) is 5.88. The summed E-state index contributed by atoms with van der Waals surface area (Å²) in [5, 5.41) is 0. The van der Waals surface area contributed by atoms with Crippen LogP contribution in [0.5, 0.6) is 0 Å². The number of likely N-dealkylation sites (N-methyl/N-ethyl adjacent to an activating group) is 1. The van der Waals surface area contributed by atoms with Crippen molar-refractivity contribution in [1.82, 2.24) is 4.90 Å². The first-order valence-corrected chi connectivity index (χ1v) is 5.88. The van der Waals surface area contributed by atoms with Gasteiger partial charge in [-0.15, -0.1) is 0 Å². The SMILES string of the molecule is CN1CCC(c2cccc(CCON)c2)C1. The number of nitrogens with two attached hydrogens (primary N) is 1. The molecule has 1 fully saturated rings. The van der Waals surface area contributed by atoms with Crippen LogP contribution in [0, 0.1) is 0 Å². The van der Waals surface area contributed by atoms with Crippen LogP contribution in [0.1, 0.15) is 23.5 Å². The predicted octanol–water partition coefficient (Wildman–Crippen LogP) is 1.54. The second kappa shape index (κ2) is 5.43. The summed E-state index contributed by atoms with van der Waals surface area (Å²) in [5.41, 5.74) is 2.77. The van der Waals surface area contributed by atoms with Crippen LogP contribution in [0.2, 0.25) is 0 Å². The maximum absolute atomic E-state index is 5.05. The van der Waals surface area contributed by atoms with E-state index in [1.165, 1.54) is 30.6 Å². The monoisotopic (exact) mass is 220 g/mol. The first-order chi connectivity index (χ1) is 7.79. The number of likely N-dealkylation sites (tertiary alicyclic amines) is 1. The summed E-state index contributed by atoms with van der Waals surface area (Å²) in [6.45, 7) is 2.98. The molecular weight excluding hydrogens is 200 g/mol. The van der Waals surface area contributed by atoms with E-state index in [9.17, 15) is 0 Å². The molecule has 0 aromatic heterocycles. The highest BCUT2D eigenvalue weighted by molar-refractivity contribution is 5.27. The fraction of sp³-hybridized carbons (Fsp3) is 0.538. The quantitative estimate of drug-likeness (QED) is 0.782. The van der Waals surface area contributed by atoms with E-state index >= 15 is 0 Å². The molecule has 1 aliphatic rings. The Bertz CT molecular complexity index is 340. The molecule has 0 bridgehead atoms. The lowest BCUT2D eigenvalue weighted by molar-refractivity contribution is 0.141. The van der Waals surface area contributed by atoms with Crippen molar-refractivity contribution < 1.29 is 4.84 Å². The topological polar surface area (TPSA) is 38.5 Å². The van der Waals surface area contributed by atoms with E-state index in [2.05, 4.69) is 41.1 Å². The van der Waals surface area contributed by atoms with E-state index in [4.69, 9.17) is 5.90 Å². The van der Waals surface area contributed by atoms with E-state index in [0.717, 1.165) is 6.42 Å². The Morgan fingerprint density at radius 3 is 3.06 bits per heavy atom. The zero-order chi connectivity index (χ0) is 11.4. The lowest BCUT2D eigenvalue weighted by Gasteiger charge is -2.12. The zero-order valence-electron chi connectivity index (χ0n) is 9.86. The molecule has 3 heteroatoms. The molecular formula is C13H20N2O. The summed E-state index contributed by atoms with van der Waals surface area (Å²) in [5.74, 6) is 5.75. The van der Waals surface area contributed by atoms with Crippen LogP contribution in [-0.2, 0) is 11.3 Å². The molecule has 0 aliphatic carbocycles. The molecule has 2 N–H and O–H groups in total. The molecule has 0 amide bonds. The Hall–Kier alpha value is -0.900. The van der Waals surface area contributed by atoms with Gasteiger partial charge in [-0.1, -0.05) is 24.3 Å². The van der Waals surface area contributed by atoms with Crippen LogP contribution in [0.15, 0.2) is 24.3 Å². The predicted molar refractivity (Wildman–Crippen MR) is 65.1 cm³/mol. The van der Waals surface area contributed by atoms with Crippen molar-refractivity contribution in [3.8, 4) is 0 Å². The average Bonchev–Trinajstić information content (AvgIpc) is 2.74. The zero-order valence-corrected chi connectivity index (χ0v) is 9.86. The minimum absolute atomic E-state index is 0.591. The van der Waals surface area contributed by atoms with Crippen LogP contribution < -0.4 is 5.90 Å². The first kappa shape index (κ1) is 11.6. The Morgan fingerprint density at radius 1 is 1.50 bits per heavy atom. The molecule has 0 saturated carbocycles. The fourth-order valence-electron chi connectivity index (χ4n) is 2.39. The fourth-order valence-corrected chi connectivity index (χ4v) is 2.39. The maximum atomic E-state index is 5.05. The van der Waals surface area contributed by atoms with Crippen molar-refractivity contribution in [2.24, 2.45) is 5.90 Å². The molecule has 1 heterocycles. The van der Waals surface area contributed by atoms with Gasteiger partial charge in [0, 0.05) is 6.54 Å². The molecule has 3 nitrogen and oxygen atoms in total. The van der Waals surface area contributed by atoms with Gasteiger partial charge in [0.05, 0.1) is 6.61 Å². The standard InChI is InChI=1S/C13H20N2O/c1-15-7-5-13(10-15)12-4-2-3-11(9-12)6-8-16-14/h2-4,9,13H,5-8,10,14H2,1H3. The number of hydrogen-bond donors (Lipinski definition) is 1. The Kier molecular flexibility index (Phi) is 3.93. The van der Waals surface area contributed by atoms with Crippen molar-refractivity contribution in [1.29, 1.82) is 0 Å². The molecule has 0 radical (unpaired) electrons. The number of rotatable bonds is 4. The van der Waals surface area contributed by atoms with E-state index in [1.54, 1.807) is 0 Å². The van der Waals surface area contributed by atoms with Gasteiger partial charge in [-0.2, -0.15) is 0 Å². The molecule has 1 atom stereocenters. The summed E-state index contributed by atoms with van der Waals surface area (Å²) in [6, 6.07) is 8.81. The van der Waals surface area contributed by atoms with E-state index in [1.807, 2.05) is 0 Å². The number of nitrogens with zero attached hydrogens (tertiary/aromatic N) is 1. The Morgan fingerprint density at radius 2 is 2.38 bits per heavy atom. The van der Waals surface area contributed by atoms with Crippen LogP contribution in [-0.4, -0.2) is 31.6 Å². The van der Waals surface area contributed by atoms with Gasteiger partial charge in [0.2, 0.25) is 0 Å². The molecule has 16 heavy (non-hydrogen) atoms. The Labute approximate surface area is 97.1 Å². The molecule has 1 aromatic carbocycles. The van der Waals surface area contributed by atoms with Crippen LogP contribution in [0.3, 0.4) is 0 Å². The van der Waals surface area contributed by atoms with Gasteiger partial charge in [-0.3, -0.25) is 0 Å². The third-order valence-electron chi connectivity index (χ3n) is 3.32. The van der Waals surface area contributed by atoms with Crippen molar-refractivity contribution >= 4 is 0 Å². The summed E-state index contributed by atoms with van der Waals surface area (Å²) >= 11 is 0. The highest BCUT2D eigenvalue weighted by atomic mass is 16.6. The third kappa shape index (κ3) is 2.82. The van der Waals surface area contributed by atoms with Crippen molar-refractivity contribution in [2.45, 2.75) is 18.8 Å². The summed E-state index contributed by atoms with van der Waals surface area (Å²) in [6.07, 6.45) is 2.17. The second-order valence-electron chi connectivity index (χ2n) is 4.61. The van der Waals surface area contributed by atoms with Crippen LogP contribution in [0.25, 0.3) is 0 Å². The largest absolute Gasteiger partial charge is 0.306 e. The van der Waals surface area contributed by atoms with Crippen LogP contribution >= 0.6 is 0 Å². The molecule has 1 unspecified atom stereocenters. The smallest absolute Gasteiger partial charge is 0.0719 e. The van der Waals surface area contributed by atoms with E-state index < -0.39 is 0 Å². The number of hydrogen-bond acceptors (Lipinski definition) is 3. The molecule has 88 valence electrons. The van der Waals surface area contributed by atoms with Crippen molar-refractivity contribution in [3.63, 3.8) is 0 Å². The second-order valence-corrected chi connectivity index (χ2v) is 4.61. The van der Waals surface area contributed by atoms with Gasteiger partial charge < -0.3 is 9.74 Å². The highest BCUT2D eigenvalue weighted by Gasteiger charge is 2.20. The summed E-state index contributed by atoms with van der Waals surface area (Å²) in [4.78, 5) is 7.01. The van der Waals surface area contributed by atoms with Gasteiger partial charge >= 0.3 is 0 Å². The third-order valence-corrected chi connectivity index (χ3v) is 3.32. The van der Waals surface area contributed by atoms with Gasteiger partial charge in [-0.05, 0) is 43.5 Å². The maximum Gasteiger partial charge on any atom is 0.0719 e. The highest BCUT2D eigenvalue weighted by Crippen LogP contribution is 2.26. The van der Waals surface area contributed by atoms with Crippen molar-refractivity contribution in [2.75, 3.05) is 26.7 Å². The summed E-state index contributed by atoms with van der Waals surface area (Å²) in [7, 11) is 2.19. The van der Waals surface area contributed by atoms with Gasteiger partial charge in [0.15, 0.2) is 0 Å². The van der Waals surface area contributed by atoms with Gasteiger partial charge in [0.1, 0.15) is 0 Å². The Balaban J connectivity index is 2.04. The molecule has 0 spiro atoms. The average molecular weight is 220 g/mol. The lowest BCUT2D eigenvalue weighted by Crippen LogP contribution is -2.13. The van der Waals surface area contributed by atoms with E-state index in [0.29, 0.717) is 12.5 Å². The molecule has 1 aliphatic heterocycles. The van der Waals surface area contributed by atoms with E-state index in [-0.39, 0.29) is 0 Å². The normalized spacial score (nSPS) is 21.5. The van der Waals surface area contributed by atoms with Gasteiger partial charge in [0.25, 0.3) is 0 Å². The minimum atomic E-state index is 0.591.